The second-order valence-electron chi connectivity index (χ2n) is 5.63. The molecule has 0 aliphatic carbocycles. The lowest BCUT2D eigenvalue weighted by molar-refractivity contribution is 0.407. The second-order valence-corrected chi connectivity index (χ2v) is 6.54. The van der Waals surface area contributed by atoms with Crippen LogP contribution in [0.2, 0.25) is 0 Å². The Kier molecular flexibility index (Phi) is 4.90. The first-order chi connectivity index (χ1) is 9.83. The van der Waals surface area contributed by atoms with E-state index in [4.69, 9.17) is 4.74 Å². The van der Waals surface area contributed by atoms with Crippen LogP contribution in [-0.4, -0.2) is 15.5 Å². The summed E-state index contributed by atoms with van der Waals surface area (Å²) in [5.41, 5.74) is 0.715. The summed E-state index contributed by atoms with van der Waals surface area (Å²) in [4.78, 5) is 8.38. The van der Waals surface area contributed by atoms with E-state index in [9.17, 15) is 4.39 Å². The van der Waals surface area contributed by atoms with Gasteiger partial charge < -0.3 is 10.1 Å². The van der Waals surface area contributed by atoms with Crippen molar-refractivity contribution < 1.29 is 9.13 Å². The van der Waals surface area contributed by atoms with Crippen molar-refractivity contribution in [3.05, 3.63) is 46.6 Å². The third kappa shape index (κ3) is 5.06. The van der Waals surface area contributed by atoms with Crippen molar-refractivity contribution in [1.29, 1.82) is 0 Å². The highest BCUT2D eigenvalue weighted by atomic mass is 79.9. The SMILES string of the molecule is CC(C)(C)NCc1cncc(Oc2cc(Br)ccc2F)n1. The third-order valence-corrected chi connectivity index (χ3v) is 3.06. The van der Waals surface area contributed by atoms with E-state index in [1.165, 1.54) is 12.3 Å². The standard InChI is InChI=1S/C15H17BrFN3O/c1-15(2,3)19-8-11-7-18-9-14(20-11)21-13-6-10(16)4-5-12(13)17/h4-7,9,19H,8H2,1-3H3. The van der Waals surface area contributed by atoms with E-state index in [0.717, 1.165) is 10.2 Å². The van der Waals surface area contributed by atoms with Gasteiger partial charge in [0.05, 0.1) is 11.9 Å². The van der Waals surface area contributed by atoms with Crippen LogP contribution in [0.15, 0.2) is 35.1 Å². The number of rotatable bonds is 4. The number of aromatic nitrogens is 2. The van der Waals surface area contributed by atoms with E-state index >= 15 is 0 Å². The molecule has 0 amide bonds. The summed E-state index contributed by atoms with van der Waals surface area (Å²) >= 11 is 3.28. The lowest BCUT2D eigenvalue weighted by atomic mass is 10.1. The zero-order valence-corrected chi connectivity index (χ0v) is 13.7. The predicted octanol–water partition coefficient (Wildman–Crippen LogP) is 4.06. The van der Waals surface area contributed by atoms with Gasteiger partial charge in [0.2, 0.25) is 5.88 Å². The minimum atomic E-state index is -0.446. The van der Waals surface area contributed by atoms with Crippen molar-refractivity contribution in [3.8, 4) is 11.6 Å². The van der Waals surface area contributed by atoms with E-state index in [1.54, 1.807) is 18.3 Å². The molecule has 0 unspecified atom stereocenters. The highest BCUT2D eigenvalue weighted by Gasteiger charge is 2.11. The van der Waals surface area contributed by atoms with Crippen molar-refractivity contribution in [1.82, 2.24) is 15.3 Å². The topological polar surface area (TPSA) is 47.0 Å². The van der Waals surface area contributed by atoms with E-state index in [1.807, 2.05) is 0 Å². The first kappa shape index (κ1) is 15.9. The number of hydrogen-bond acceptors (Lipinski definition) is 4. The molecular formula is C15H17BrFN3O. The molecule has 0 radical (unpaired) electrons. The molecule has 6 heteroatoms. The fourth-order valence-corrected chi connectivity index (χ4v) is 1.88. The van der Waals surface area contributed by atoms with Gasteiger partial charge in [-0.3, -0.25) is 4.98 Å². The average Bonchev–Trinajstić information content (AvgIpc) is 2.40. The summed E-state index contributed by atoms with van der Waals surface area (Å²) in [6.45, 7) is 6.77. The van der Waals surface area contributed by atoms with Gasteiger partial charge >= 0.3 is 0 Å². The van der Waals surface area contributed by atoms with Gasteiger partial charge in [0.15, 0.2) is 11.6 Å². The van der Waals surface area contributed by atoms with E-state index in [-0.39, 0.29) is 17.2 Å². The number of halogens is 2. The van der Waals surface area contributed by atoms with Gasteiger partial charge in [-0.15, -0.1) is 0 Å². The average molecular weight is 354 g/mol. The monoisotopic (exact) mass is 353 g/mol. The summed E-state index contributed by atoms with van der Waals surface area (Å²) in [5.74, 6) is -0.0713. The summed E-state index contributed by atoms with van der Waals surface area (Å²) in [6.07, 6.45) is 3.11. The van der Waals surface area contributed by atoms with E-state index in [2.05, 4.69) is 52.0 Å². The molecule has 1 aromatic heterocycles. The van der Waals surface area contributed by atoms with E-state index < -0.39 is 5.82 Å². The smallest absolute Gasteiger partial charge is 0.238 e. The summed E-state index contributed by atoms with van der Waals surface area (Å²) < 4.78 is 19.8. The lowest BCUT2D eigenvalue weighted by Crippen LogP contribution is -2.35. The Hall–Kier alpha value is -1.53. The number of hydrogen-bond donors (Lipinski definition) is 1. The predicted molar refractivity (Wildman–Crippen MR) is 82.8 cm³/mol. The Morgan fingerprint density at radius 2 is 2.05 bits per heavy atom. The molecule has 4 nitrogen and oxygen atoms in total. The molecule has 0 atom stereocenters. The van der Waals surface area contributed by atoms with Crippen molar-refractivity contribution in [2.75, 3.05) is 0 Å². The summed E-state index contributed by atoms with van der Waals surface area (Å²) in [7, 11) is 0. The Bertz CT molecular complexity index is 629. The Morgan fingerprint density at radius 3 is 2.76 bits per heavy atom. The summed E-state index contributed by atoms with van der Waals surface area (Å²) in [5, 5.41) is 3.31. The number of ether oxygens (including phenoxy) is 1. The lowest BCUT2D eigenvalue weighted by Gasteiger charge is -2.20. The quantitative estimate of drug-likeness (QED) is 0.900. The highest BCUT2D eigenvalue weighted by molar-refractivity contribution is 9.10. The molecule has 2 rings (SSSR count). The van der Waals surface area contributed by atoms with Crippen LogP contribution in [0.4, 0.5) is 4.39 Å². The van der Waals surface area contributed by atoms with E-state index in [0.29, 0.717) is 6.54 Å². The van der Waals surface area contributed by atoms with Crippen LogP contribution < -0.4 is 10.1 Å². The Labute approximate surface area is 131 Å². The molecule has 0 saturated heterocycles. The van der Waals surface area contributed by atoms with Crippen molar-refractivity contribution in [2.24, 2.45) is 0 Å². The Balaban J connectivity index is 2.12. The van der Waals surface area contributed by atoms with Crippen LogP contribution in [0.25, 0.3) is 0 Å². The second kappa shape index (κ2) is 6.49. The van der Waals surface area contributed by atoms with Gasteiger partial charge in [0, 0.05) is 22.8 Å². The molecule has 0 fully saturated rings. The molecule has 0 aliphatic rings. The molecule has 21 heavy (non-hydrogen) atoms. The molecule has 1 N–H and O–H groups in total. The molecule has 1 aromatic carbocycles. The maximum atomic E-state index is 13.7. The normalized spacial score (nSPS) is 11.5. The minimum Gasteiger partial charge on any atom is -0.434 e. The van der Waals surface area contributed by atoms with Crippen molar-refractivity contribution in [3.63, 3.8) is 0 Å². The van der Waals surface area contributed by atoms with Crippen LogP contribution in [0.5, 0.6) is 11.6 Å². The largest absolute Gasteiger partial charge is 0.434 e. The summed E-state index contributed by atoms with van der Waals surface area (Å²) in [6, 6.07) is 4.49. The highest BCUT2D eigenvalue weighted by Crippen LogP contribution is 2.26. The van der Waals surface area contributed by atoms with Gasteiger partial charge in [-0.2, -0.15) is 0 Å². The van der Waals surface area contributed by atoms with Gasteiger partial charge in [-0.25, -0.2) is 9.37 Å². The fourth-order valence-electron chi connectivity index (χ4n) is 1.54. The maximum Gasteiger partial charge on any atom is 0.238 e. The van der Waals surface area contributed by atoms with Crippen molar-refractivity contribution >= 4 is 15.9 Å². The van der Waals surface area contributed by atoms with Crippen LogP contribution in [0.3, 0.4) is 0 Å². The fraction of sp³-hybridized carbons (Fsp3) is 0.333. The molecule has 0 bridgehead atoms. The first-order valence-corrected chi connectivity index (χ1v) is 7.32. The number of nitrogens with zero attached hydrogens (tertiary/aromatic N) is 2. The third-order valence-electron chi connectivity index (χ3n) is 2.57. The van der Waals surface area contributed by atoms with Gasteiger partial charge in [-0.1, -0.05) is 15.9 Å². The maximum absolute atomic E-state index is 13.7. The van der Waals surface area contributed by atoms with Gasteiger partial charge in [-0.05, 0) is 39.0 Å². The number of nitrogens with one attached hydrogen (secondary N) is 1. The first-order valence-electron chi connectivity index (χ1n) is 6.52. The molecule has 0 aliphatic heterocycles. The minimum absolute atomic E-state index is 0.0189. The molecule has 2 aromatic rings. The number of benzene rings is 1. The molecular weight excluding hydrogens is 337 g/mol. The van der Waals surface area contributed by atoms with Crippen LogP contribution in [0.1, 0.15) is 26.5 Å². The molecule has 1 heterocycles. The molecule has 0 saturated carbocycles. The van der Waals surface area contributed by atoms with Crippen LogP contribution >= 0.6 is 15.9 Å². The van der Waals surface area contributed by atoms with Crippen molar-refractivity contribution in [2.45, 2.75) is 32.9 Å². The van der Waals surface area contributed by atoms with Gasteiger partial charge in [0.1, 0.15) is 0 Å². The van der Waals surface area contributed by atoms with Crippen LogP contribution in [0, 0.1) is 5.82 Å². The Morgan fingerprint density at radius 1 is 1.29 bits per heavy atom. The molecule has 112 valence electrons. The van der Waals surface area contributed by atoms with Gasteiger partial charge in [0.25, 0.3) is 0 Å². The zero-order valence-electron chi connectivity index (χ0n) is 12.2. The molecule has 0 spiro atoms. The zero-order chi connectivity index (χ0) is 15.5. The van der Waals surface area contributed by atoms with Crippen LogP contribution in [-0.2, 0) is 6.54 Å².